The number of hydrogen-bond acceptors (Lipinski definition) is 3. The largest absolute Gasteiger partial charge is 0.501 e. The van der Waals surface area contributed by atoms with Crippen molar-refractivity contribution in [2.75, 3.05) is 13.7 Å². The summed E-state index contributed by atoms with van der Waals surface area (Å²) in [4.78, 5) is 4.09. The van der Waals surface area contributed by atoms with Crippen LogP contribution in [0.1, 0.15) is 24.6 Å². The molecule has 0 spiro atoms. The number of nitrogens with zero attached hydrogens (tertiary/aromatic N) is 1. The standard InChI is InChI=1S/C12H15FN2O/c1-14-12(9-3-2-6-16-8-9)11-5-4-10(13)7-15-11/h4-5,7-8,12,14H,2-3,6H2,1H3. The molecule has 0 saturated carbocycles. The molecule has 0 fully saturated rings. The van der Waals surface area contributed by atoms with Gasteiger partial charge in [-0.25, -0.2) is 4.39 Å². The van der Waals surface area contributed by atoms with Crippen LogP contribution in [0.15, 0.2) is 30.2 Å². The first kappa shape index (κ1) is 11.1. The molecule has 1 aliphatic heterocycles. The fourth-order valence-corrected chi connectivity index (χ4v) is 1.88. The van der Waals surface area contributed by atoms with Gasteiger partial charge in [0, 0.05) is 0 Å². The molecule has 0 amide bonds. The molecule has 1 unspecified atom stereocenters. The molecule has 0 aromatic carbocycles. The zero-order valence-corrected chi connectivity index (χ0v) is 9.24. The molecule has 2 heterocycles. The highest BCUT2D eigenvalue weighted by atomic mass is 19.1. The van der Waals surface area contributed by atoms with Crippen LogP contribution >= 0.6 is 0 Å². The minimum atomic E-state index is -0.313. The summed E-state index contributed by atoms with van der Waals surface area (Å²) in [5, 5.41) is 3.17. The second kappa shape index (κ2) is 5.07. The predicted molar refractivity (Wildman–Crippen MR) is 59.3 cm³/mol. The quantitative estimate of drug-likeness (QED) is 0.851. The summed E-state index contributed by atoms with van der Waals surface area (Å²) >= 11 is 0. The van der Waals surface area contributed by atoms with E-state index < -0.39 is 0 Å². The van der Waals surface area contributed by atoms with E-state index in [1.54, 1.807) is 12.3 Å². The molecule has 4 heteroatoms. The van der Waals surface area contributed by atoms with Crippen LogP contribution in [0.2, 0.25) is 0 Å². The molecule has 1 aromatic rings. The van der Waals surface area contributed by atoms with Gasteiger partial charge in [0.25, 0.3) is 0 Å². The summed E-state index contributed by atoms with van der Waals surface area (Å²) in [6.45, 7) is 0.775. The number of likely N-dealkylation sites (N-methyl/N-ethyl adjacent to an activating group) is 1. The molecule has 86 valence electrons. The zero-order valence-electron chi connectivity index (χ0n) is 9.24. The molecule has 0 saturated heterocycles. The lowest BCUT2D eigenvalue weighted by molar-refractivity contribution is 0.219. The minimum Gasteiger partial charge on any atom is -0.501 e. The van der Waals surface area contributed by atoms with Gasteiger partial charge in [-0.2, -0.15) is 0 Å². The second-order valence-electron chi connectivity index (χ2n) is 3.79. The van der Waals surface area contributed by atoms with Crippen LogP contribution in [0.4, 0.5) is 4.39 Å². The number of ether oxygens (including phenoxy) is 1. The van der Waals surface area contributed by atoms with Crippen molar-refractivity contribution in [2.24, 2.45) is 0 Å². The average Bonchev–Trinajstić information content (AvgIpc) is 2.34. The van der Waals surface area contributed by atoms with E-state index in [1.807, 2.05) is 7.05 Å². The van der Waals surface area contributed by atoms with E-state index >= 15 is 0 Å². The van der Waals surface area contributed by atoms with E-state index in [9.17, 15) is 4.39 Å². The van der Waals surface area contributed by atoms with E-state index in [4.69, 9.17) is 4.74 Å². The summed E-state index contributed by atoms with van der Waals surface area (Å²) in [6.07, 6.45) is 5.04. The van der Waals surface area contributed by atoms with Crippen LogP contribution in [-0.4, -0.2) is 18.6 Å². The molecule has 1 aromatic heterocycles. The Kier molecular flexibility index (Phi) is 3.51. The lowest BCUT2D eigenvalue weighted by Gasteiger charge is -2.22. The Morgan fingerprint density at radius 3 is 2.94 bits per heavy atom. The van der Waals surface area contributed by atoms with Crippen molar-refractivity contribution in [1.29, 1.82) is 0 Å². The van der Waals surface area contributed by atoms with Crippen molar-refractivity contribution in [1.82, 2.24) is 10.3 Å². The Morgan fingerprint density at radius 1 is 1.50 bits per heavy atom. The number of halogens is 1. The number of nitrogens with one attached hydrogen (secondary N) is 1. The van der Waals surface area contributed by atoms with Crippen molar-refractivity contribution < 1.29 is 9.13 Å². The predicted octanol–water partition coefficient (Wildman–Crippen LogP) is 2.18. The number of aromatic nitrogens is 1. The average molecular weight is 222 g/mol. The molecule has 0 aliphatic carbocycles. The Balaban J connectivity index is 2.21. The van der Waals surface area contributed by atoms with Gasteiger partial charge in [0.2, 0.25) is 0 Å². The monoisotopic (exact) mass is 222 g/mol. The number of pyridine rings is 1. The molecule has 1 aliphatic rings. The van der Waals surface area contributed by atoms with Crippen molar-refractivity contribution in [3.8, 4) is 0 Å². The molecule has 3 nitrogen and oxygen atoms in total. The SMILES string of the molecule is CNC(C1=COCCC1)c1ccc(F)cn1. The minimum absolute atomic E-state index is 0.0147. The summed E-state index contributed by atoms with van der Waals surface area (Å²) < 4.78 is 18.1. The highest BCUT2D eigenvalue weighted by molar-refractivity contribution is 5.22. The second-order valence-corrected chi connectivity index (χ2v) is 3.79. The molecule has 1 N–H and O–H groups in total. The maximum Gasteiger partial charge on any atom is 0.141 e. The smallest absolute Gasteiger partial charge is 0.141 e. The highest BCUT2D eigenvalue weighted by Crippen LogP contribution is 2.25. The van der Waals surface area contributed by atoms with Crippen molar-refractivity contribution in [3.63, 3.8) is 0 Å². The first-order chi connectivity index (χ1) is 7.81. The normalized spacial score (nSPS) is 17.5. The summed E-state index contributed by atoms with van der Waals surface area (Å²) in [5.41, 5.74) is 1.98. The Hall–Kier alpha value is -1.42. The van der Waals surface area contributed by atoms with Crippen molar-refractivity contribution in [3.05, 3.63) is 41.7 Å². The molecule has 16 heavy (non-hydrogen) atoms. The van der Waals surface area contributed by atoms with E-state index in [1.165, 1.54) is 12.3 Å². The van der Waals surface area contributed by atoms with E-state index in [0.29, 0.717) is 0 Å². The summed E-state index contributed by atoms with van der Waals surface area (Å²) in [5.74, 6) is -0.313. The summed E-state index contributed by atoms with van der Waals surface area (Å²) in [7, 11) is 1.87. The molecule has 0 bridgehead atoms. The molecular formula is C12H15FN2O. The first-order valence-electron chi connectivity index (χ1n) is 5.40. The Morgan fingerprint density at radius 2 is 2.38 bits per heavy atom. The maximum absolute atomic E-state index is 12.8. The van der Waals surface area contributed by atoms with Gasteiger partial charge < -0.3 is 10.1 Å². The Bertz CT molecular complexity index is 375. The third-order valence-corrected chi connectivity index (χ3v) is 2.67. The third-order valence-electron chi connectivity index (χ3n) is 2.67. The highest BCUT2D eigenvalue weighted by Gasteiger charge is 2.18. The topological polar surface area (TPSA) is 34.1 Å². The van der Waals surface area contributed by atoms with Crippen LogP contribution in [0.3, 0.4) is 0 Å². The Labute approximate surface area is 94.3 Å². The van der Waals surface area contributed by atoms with E-state index in [0.717, 1.165) is 30.7 Å². The molecule has 1 atom stereocenters. The van der Waals surface area contributed by atoms with Gasteiger partial charge in [-0.1, -0.05) is 0 Å². The maximum atomic E-state index is 12.8. The van der Waals surface area contributed by atoms with E-state index in [-0.39, 0.29) is 11.9 Å². The van der Waals surface area contributed by atoms with Crippen LogP contribution in [0.5, 0.6) is 0 Å². The number of rotatable bonds is 3. The van der Waals surface area contributed by atoms with Crippen LogP contribution in [-0.2, 0) is 4.74 Å². The molecule has 0 radical (unpaired) electrons. The van der Waals surface area contributed by atoms with Gasteiger partial charge in [0.05, 0.1) is 30.8 Å². The lowest BCUT2D eigenvalue weighted by Crippen LogP contribution is -2.21. The first-order valence-corrected chi connectivity index (χ1v) is 5.40. The molecular weight excluding hydrogens is 207 g/mol. The van der Waals surface area contributed by atoms with Crippen molar-refractivity contribution >= 4 is 0 Å². The van der Waals surface area contributed by atoms with Crippen LogP contribution < -0.4 is 5.32 Å². The van der Waals surface area contributed by atoms with Gasteiger partial charge in [-0.15, -0.1) is 0 Å². The summed E-state index contributed by atoms with van der Waals surface area (Å²) in [6, 6.07) is 3.14. The fraction of sp³-hybridized carbons (Fsp3) is 0.417. The molecule has 2 rings (SSSR count). The van der Waals surface area contributed by atoms with Crippen LogP contribution in [0, 0.1) is 5.82 Å². The van der Waals surface area contributed by atoms with Gasteiger partial charge in [0.15, 0.2) is 0 Å². The van der Waals surface area contributed by atoms with Gasteiger partial charge in [-0.05, 0) is 37.6 Å². The number of hydrogen-bond donors (Lipinski definition) is 1. The van der Waals surface area contributed by atoms with Crippen LogP contribution in [0.25, 0.3) is 0 Å². The fourth-order valence-electron chi connectivity index (χ4n) is 1.88. The van der Waals surface area contributed by atoms with Gasteiger partial charge in [0.1, 0.15) is 5.82 Å². The third kappa shape index (κ3) is 2.39. The van der Waals surface area contributed by atoms with E-state index in [2.05, 4.69) is 10.3 Å². The van der Waals surface area contributed by atoms with Gasteiger partial charge in [-0.3, -0.25) is 4.98 Å². The zero-order chi connectivity index (χ0) is 11.4. The van der Waals surface area contributed by atoms with Crippen molar-refractivity contribution in [2.45, 2.75) is 18.9 Å². The lowest BCUT2D eigenvalue weighted by atomic mass is 9.99. The van der Waals surface area contributed by atoms with Gasteiger partial charge >= 0.3 is 0 Å².